The molecule has 0 bridgehead atoms. The van der Waals surface area contributed by atoms with Gasteiger partial charge in [-0.05, 0) is 13.0 Å². The molecule has 0 spiro atoms. The molecule has 90 valence electrons. The van der Waals surface area contributed by atoms with Crippen molar-refractivity contribution in [2.75, 3.05) is 13.3 Å². The topological polar surface area (TPSA) is 59.6 Å². The van der Waals surface area contributed by atoms with Crippen molar-refractivity contribution in [3.63, 3.8) is 0 Å². The predicted molar refractivity (Wildman–Crippen MR) is 60.9 cm³/mol. The van der Waals surface area contributed by atoms with Crippen LogP contribution < -0.4 is 20.1 Å². The van der Waals surface area contributed by atoms with Gasteiger partial charge in [0.15, 0.2) is 11.5 Å². The average Bonchev–Trinajstić information content (AvgIpc) is 2.80. The molecule has 0 aromatic heterocycles. The highest BCUT2D eigenvalue weighted by Crippen LogP contribution is 2.38. The number of nitrogens with one attached hydrogen (secondary N) is 2. The molecule has 1 aromatic rings. The Kier molecular flexibility index (Phi) is 2.40. The Morgan fingerprint density at radius 3 is 3.12 bits per heavy atom. The lowest BCUT2D eigenvalue weighted by atomic mass is 10.0. The van der Waals surface area contributed by atoms with Crippen molar-refractivity contribution in [3.05, 3.63) is 23.8 Å². The van der Waals surface area contributed by atoms with Crippen molar-refractivity contribution in [2.45, 2.75) is 19.0 Å². The van der Waals surface area contributed by atoms with Gasteiger partial charge in [-0.3, -0.25) is 10.1 Å². The minimum absolute atomic E-state index is 0.0213. The Balaban J connectivity index is 1.98. The summed E-state index contributed by atoms with van der Waals surface area (Å²) in [6.07, 6.45) is 0. The van der Waals surface area contributed by atoms with Gasteiger partial charge in [-0.2, -0.15) is 0 Å². The largest absolute Gasteiger partial charge is 0.454 e. The molecule has 1 amide bonds. The highest BCUT2D eigenvalue weighted by Gasteiger charge is 2.31. The number of benzene rings is 1. The summed E-state index contributed by atoms with van der Waals surface area (Å²) in [5.41, 5.74) is 0.837. The smallest absolute Gasteiger partial charge is 0.241 e. The van der Waals surface area contributed by atoms with E-state index in [4.69, 9.17) is 9.47 Å². The standard InChI is InChI=1S/C12H14N2O3/c1-7-5-13-12(15)10(14-7)8-3-2-4-9-11(8)17-6-16-9/h2-4,7,10,14H,5-6H2,1H3,(H,13,15). The van der Waals surface area contributed by atoms with Gasteiger partial charge in [0.2, 0.25) is 12.7 Å². The number of piperazine rings is 1. The summed E-state index contributed by atoms with van der Waals surface area (Å²) in [4.78, 5) is 11.9. The van der Waals surface area contributed by atoms with Gasteiger partial charge in [-0.15, -0.1) is 0 Å². The number of amides is 1. The van der Waals surface area contributed by atoms with Crippen LogP contribution >= 0.6 is 0 Å². The lowest BCUT2D eigenvalue weighted by Gasteiger charge is -2.29. The zero-order chi connectivity index (χ0) is 11.8. The maximum atomic E-state index is 11.9. The van der Waals surface area contributed by atoms with Gasteiger partial charge in [0, 0.05) is 18.2 Å². The molecule has 2 aliphatic heterocycles. The Morgan fingerprint density at radius 2 is 2.24 bits per heavy atom. The Morgan fingerprint density at radius 1 is 1.35 bits per heavy atom. The van der Waals surface area contributed by atoms with E-state index in [1.54, 1.807) is 0 Å². The number of carbonyl (C=O) groups excluding carboxylic acids is 1. The number of ether oxygens (including phenoxy) is 2. The quantitative estimate of drug-likeness (QED) is 0.745. The summed E-state index contributed by atoms with van der Waals surface area (Å²) in [6, 6.07) is 5.49. The SMILES string of the molecule is CC1CNC(=O)C(c2cccc3c2OCO3)N1. The van der Waals surface area contributed by atoms with Crippen LogP contribution in [0, 0.1) is 0 Å². The van der Waals surface area contributed by atoms with E-state index >= 15 is 0 Å². The van der Waals surface area contributed by atoms with E-state index in [0.717, 1.165) is 5.56 Å². The van der Waals surface area contributed by atoms with E-state index in [-0.39, 0.29) is 24.8 Å². The third kappa shape index (κ3) is 1.72. The van der Waals surface area contributed by atoms with Crippen LogP contribution in [0.5, 0.6) is 11.5 Å². The maximum Gasteiger partial charge on any atom is 0.241 e. The summed E-state index contributed by atoms with van der Waals surface area (Å²) in [5.74, 6) is 1.36. The molecular formula is C12H14N2O3. The van der Waals surface area contributed by atoms with Gasteiger partial charge in [-0.25, -0.2) is 0 Å². The second-order valence-electron chi connectivity index (χ2n) is 4.33. The van der Waals surface area contributed by atoms with Gasteiger partial charge < -0.3 is 14.8 Å². The van der Waals surface area contributed by atoms with Crippen LogP contribution in [0.25, 0.3) is 0 Å². The third-order valence-electron chi connectivity index (χ3n) is 3.03. The van der Waals surface area contributed by atoms with Gasteiger partial charge in [-0.1, -0.05) is 12.1 Å². The van der Waals surface area contributed by atoms with Gasteiger partial charge in [0.25, 0.3) is 0 Å². The third-order valence-corrected chi connectivity index (χ3v) is 3.03. The van der Waals surface area contributed by atoms with E-state index in [9.17, 15) is 4.79 Å². The lowest BCUT2D eigenvalue weighted by molar-refractivity contribution is -0.125. The first-order valence-corrected chi connectivity index (χ1v) is 5.68. The Hall–Kier alpha value is -1.75. The number of carbonyl (C=O) groups is 1. The van der Waals surface area contributed by atoms with Crippen molar-refractivity contribution in [2.24, 2.45) is 0 Å². The molecule has 17 heavy (non-hydrogen) atoms. The summed E-state index contributed by atoms with van der Waals surface area (Å²) >= 11 is 0. The van der Waals surface area contributed by atoms with Crippen molar-refractivity contribution in [1.29, 1.82) is 0 Å². The minimum Gasteiger partial charge on any atom is -0.454 e. The highest BCUT2D eigenvalue weighted by atomic mass is 16.7. The van der Waals surface area contributed by atoms with E-state index in [1.165, 1.54) is 0 Å². The zero-order valence-corrected chi connectivity index (χ0v) is 9.53. The fraction of sp³-hybridized carbons (Fsp3) is 0.417. The van der Waals surface area contributed by atoms with E-state index in [0.29, 0.717) is 18.0 Å². The van der Waals surface area contributed by atoms with Gasteiger partial charge >= 0.3 is 0 Å². The summed E-state index contributed by atoms with van der Waals surface area (Å²) < 4.78 is 10.7. The number of hydrogen-bond acceptors (Lipinski definition) is 4. The van der Waals surface area contributed by atoms with Gasteiger partial charge in [0.1, 0.15) is 6.04 Å². The molecule has 0 aliphatic carbocycles. The summed E-state index contributed by atoms with van der Waals surface area (Å²) in [6.45, 7) is 2.91. The molecule has 2 aliphatic rings. The average molecular weight is 234 g/mol. The van der Waals surface area contributed by atoms with Crippen LogP contribution in [-0.4, -0.2) is 25.3 Å². The molecule has 2 N–H and O–H groups in total. The molecule has 2 unspecified atom stereocenters. The van der Waals surface area contributed by atoms with Crippen LogP contribution in [0.4, 0.5) is 0 Å². The second kappa shape index (κ2) is 3.92. The molecule has 2 heterocycles. The minimum atomic E-state index is -0.365. The van der Waals surface area contributed by atoms with Crippen molar-refractivity contribution in [1.82, 2.24) is 10.6 Å². The molecule has 1 fully saturated rings. The first-order valence-electron chi connectivity index (χ1n) is 5.68. The van der Waals surface area contributed by atoms with Crippen molar-refractivity contribution >= 4 is 5.91 Å². The molecule has 3 rings (SSSR count). The van der Waals surface area contributed by atoms with E-state index in [2.05, 4.69) is 10.6 Å². The Bertz CT molecular complexity index is 461. The summed E-state index contributed by atoms with van der Waals surface area (Å²) in [7, 11) is 0. The normalized spacial score (nSPS) is 26.8. The monoisotopic (exact) mass is 234 g/mol. The lowest BCUT2D eigenvalue weighted by Crippen LogP contribution is -2.52. The van der Waals surface area contributed by atoms with Crippen LogP contribution in [0.2, 0.25) is 0 Å². The maximum absolute atomic E-state index is 11.9. The Labute approximate surface area is 99.1 Å². The number of rotatable bonds is 1. The van der Waals surface area contributed by atoms with Crippen LogP contribution in [0.1, 0.15) is 18.5 Å². The van der Waals surface area contributed by atoms with Crippen LogP contribution in [0.15, 0.2) is 18.2 Å². The number of hydrogen-bond donors (Lipinski definition) is 2. The van der Waals surface area contributed by atoms with Gasteiger partial charge in [0.05, 0.1) is 0 Å². The van der Waals surface area contributed by atoms with Crippen LogP contribution in [0.3, 0.4) is 0 Å². The molecule has 5 nitrogen and oxygen atoms in total. The number of fused-ring (bicyclic) bond motifs is 1. The molecule has 1 saturated heterocycles. The molecular weight excluding hydrogens is 220 g/mol. The second-order valence-corrected chi connectivity index (χ2v) is 4.33. The molecule has 0 radical (unpaired) electrons. The van der Waals surface area contributed by atoms with E-state index in [1.807, 2.05) is 25.1 Å². The molecule has 2 atom stereocenters. The fourth-order valence-corrected chi connectivity index (χ4v) is 2.19. The van der Waals surface area contributed by atoms with E-state index < -0.39 is 0 Å². The molecule has 1 aromatic carbocycles. The molecule has 5 heteroatoms. The van der Waals surface area contributed by atoms with Crippen LogP contribution in [-0.2, 0) is 4.79 Å². The first kappa shape index (κ1) is 10.4. The first-order chi connectivity index (χ1) is 8.25. The zero-order valence-electron chi connectivity index (χ0n) is 9.53. The number of para-hydroxylation sites is 1. The van der Waals surface area contributed by atoms with Crippen molar-refractivity contribution < 1.29 is 14.3 Å². The summed E-state index contributed by atoms with van der Waals surface area (Å²) in [5, 5.41) is 6.14. The fourth-order valence-electron chi connectivity index (χ4n) is 2.19. The highest BCUT2D eigenvalue weighted by molar-refractivity contribution is 5.85. The van der Waals surface area contributed by atoms with Crippen molar-refractivity contribution in [3.8, 4) is 11.5 Å². The predicted octanol–water partition coefficient (Wildman–Crippen LogP) is 0.564. The molecule has 0 saturated carbocycles.